The number of fused-ring (bicyclic) bond motifs is 1. The van der Waals surface area contributed by atoms with Crippen LogP contribution in [-0.2, 0) is 0 Å². The van der Waals surface area contributed by atoms with Crippen LogP contribution in [0.4, 0.5) is 5.69 Å². The number of β-amino-alcohol motifs (C(OH)–C–C–N with tert-alkyl or cyclic N) is 1. The molecule has 1 fully saturated rings. The quantitative estimate of drug-likeness (QED) is 0.767. The zero-order chi connectivity index (χ0) is 17.9. The van der Waals surface area contributed by atoms with Crippen LogP contribution in [0.3, 0.4) is 0 Å². The molecule has 2 aromatic heterocycles. The maximum Gasteiger partial charge on any atom is 0.272 e. The Morgan fingerprint density at radius 1 is 1.04 bits per heavy atom. The van der Waals surface area contributed by atoms with Gasteiger partial charge >= 0.3 is 0 Å². The fraction of sp³-hybridized carbons (Fsp3) is 0.250. The molecule has 26 heavy (non-hydrogen) atoms. The van der Waals surface area contributed by atoms with Gasteiger partial charge in [-0.3, -0.25) is 14.8 Å². The molecule has 6 nitrogen and oxygen atoms in total. The highest BCUT2D eigenvalue weighted by molar-refractivity contribution is 5.96. The van der Waals surface area contributed by atoms with Crippen molar-refractivity contribution in [3.63, 3.8) is 0 Å². The van der Waals surface area contributed by atoms with Crippen molar-refractivity contribution in [2.45, 2.75) is 6.10 Å². The van der Waals surface area contributed by atoms with Gasteiger partial charge in [-0.2, -0.15) is 0 Å². The predicted octanol–water partition coefficient (Wildman–Crippen LogP) is 1.95. The number of carbonyl (C=O) groups excluding carboxylic acids is 1. The molecule has 4 rings (SSSR count). The SMILES string of the molecule is O=C(c1cc2ccccc2cn1)N1CCN(c2ccncc2)CC(O)C1. The summed E-state index contributed by atoms with van der Waals surface area (Å²) < 4.78 is 0. The van der Waals surface area contributed by atoms with Crippen molar-refractivity contribution in [2.75, 3.05) is 31.1 Å². The van der Waals surface area contributed by atoms with Crippen LogP contribution in [0, 0.1) is 0 Å². The minimum absolute atomic E-state index is 0.147. The number of benzene rings is 1. The van der Waals surface area contributed by atoms with Crippen molar-refractivity contribution >= 4 is 22.4 Å². The normalized spacial score (nSPS) is 18.0. The van der Waals surface area contributed by atoms with Gasteiger partial charge in [0.1, 0.15) is 5.69 Å². The number of anilines is 1. The van der Waals surface area contributed by atoms with E-state index < -0.39 is 6.10 Å². The third-order valence-corrected chi connectivity index (χ3v) is 4.67. The highest BCUT2D eigenvalue weighted by Crippen LogP contribution is 2.18. The standard InChI is InChI=1S/C20H20N4O2/c25-18-13-23(17-5-7-21-8-6-17)9-10-24(14-18)20(26)19-11-15-3-1-2-4-16(15)12-22-19/h1-8,11-12,18,25H,9-10,13-14H2. The van der Waals surface area contributed by atoms with Gasteiger partial charge < -0.3 is 14.9 Å². The minimum Gasteiger partial charge on any atom is -0.389 e. The van der Waals surface area contributed by atoms with Crippen LogP contribution in [0.5, 0.6) is 0 Å². The number of aromatic nitrogens is 2. The van der Waals surface area contributed by atoms with E-state index in [2.05, 4.69) is 14.9 Å². The fourth-order valence-corrected chi connectivity index (χ4v) is 3.33. The lowest BCUT2D eigenvalue weighted by Crippen LogP contribution is -2.38. The number of nitrogens with zero attached hydrogens (tertiary/aromatic N) is 4. The zero-order valence-electron chi connectivity index (χ0n) is 14.3. The summed E-state index contributed by atoms with van der Waals surface area (Å²) in [5.74, 6) is -0.147. The third-order valence-electron chi connectivity index (χ3n) is 4.67. The van der Waals surface area contributed by atoms with Crippen LogP contribution in [0.1, 0.15) is 10.5 Å². The Bertz CT molecular complexity index is 916. The molecule has 1 amide bonds. The summed E-state index contributed by atoms with van der Waals surface area (Å²) in [6, 6.07) is 13.5. The first-order valence-electron chi connectivity index (χ1n) is 8.68. The van der Waals surface area contributed by atoms with Gasteiger partial charge in [-0.1, -0.05) is 24.3 Å². The number of aliphatic hydroxyl groups excluding tert-OH is 1. The second-order valence-electron chi connectivity index (χ2n) is 6.47. The van der Waals surface area contributed by atoms with Gasteiger partial charge in [0.25, 0.3) is 5.91 Å². The monoisotopic (exact) mass is 348 g/mol. The fourth-order valence-electron chi connectivity index (χ4n) is 3.33. The predicted molar refractivity (Wildman–Crippen MR) is 100 cm³/mol. The largest absolute Gasteiger partial charge is 0.389 e. The van der Waals surface area contributed by atoms with Crippen LogP contribution < -0.4 is 4.90 Å². The summed E-state index contributed by atoms with van der Waals surface area (Å²) in [7, 11) is 0. The summed E-state index contributed by atoms with van der Waals surface area (Å²) in [5, 5.41) is 12.4. The first-order chi connectivity index (χ1) is 12.7. The molecule has 0 bridgehead atoms. The number of aliphatic hydroxyl groups is 1. The lowest BCUT2D eigenvalue weighted by Gasteiger charge is -2.23. The van der Waals surface area contributed by atoms with Gasteiger partial charge in [0.05, 0.1) is 6.10 Å². The minimum atomic E-state index is -0.616. The molecule has 3 heterocycles. The average Bonchev–Trinajstić information content (AvgIpc) is 2.89. The smallest absolute Gasteiger partial charge is 0.272 e. The van der Waals surface area contributed by atoms with E-state index in [1.165, 1.54) is 0 Å². The van der Waals surface area contributed by atoms with Gasteiger partial charge in [-0.15, -0.1) is 0 Å². The van der Waals surface area contributed by atoms with E-state index in [9.17, 15) is 9.90 Å². The van der Waals surface area contributed by atoms with Crippen molar-refractivity contribution in [1.82, 2.24) is 14.9 Å². The van der Waals surface area contributed by atoms with E-state index >= 15 is 0 Å². The second kappa shape index (κ2) is 7.09. The molecular weight excluding hydrogens is 328 g/mol. The van der Waals surface area contributed by atoms with Gasteiger partial charge in [0.2, 0.25) is 0 Å². The molecule has 1 aliphatic heterocycles. The van der Waals surface area contributed by atoms with Crippen LogP contribution in [0.15, 0.2) is 61.1 Å². The highest BCUT2D eigenvalue weighted by atomic mass is 16.3. The second-order valence-corrected chi connectivity index (χ2v) is 6.47. The maximum absolute atomic E-state index is 12.9. The average molecular weight is 348 g/mol. The molecule has 0 aliphatic carbocycles. The number of hydrogen-bond donors (Lipinski definition) is 1. The Balaban J connectivity index is 1.54. The molecule has 1 aliphatic rings. The Morgan fingerprint density at radius 2 is 1.81 bits per heavy atom. The van der Waals surface area contributed by atoms with Crippen molar-refractivity contribution in [2.24, 2.45) is 0 Å². The topological polar surface area (TPSA) is 69.6 Å². The summed E-state index contributed by atoms with van der Waals surface area (Å²) >= 11 is 0. The number of rotatable bonds is 2. The summed E-state index contributed by atoms with van der Waals surface area (Å²) in [6.07, 6.45) is 4.57. The summed E-state index contributed by atoms with van der Waals surface area (Å²) in [4.78, 5) is 25.0. The van der Waals surface area contributed by atoms with Gasteiger partial charge in [0.15, 0.2) is 0 Å². The Labute approximate surface area is 151 Å². The zero-order valence-corrected chi connectivity index (χ0v) is 14.3. The van der Waals surface area contributed by atoms with Crippen LogP contribution >= 0.6 is 0 Å². The molecule has 1 aromatic carbocycles. The molecule has 132 valence electrons. The first kappa shape index (κ1) is 16.5. The van der Waals surface area contributed by atoms with E-state index in [1.807, 2.05) is 42.5 Å². The number of hydrogen-bond acceptors (Lipinski definition) is 5. The summed E-state index contributed by atoms with van der Waals surface area (Å²) in [6.45, 7) is 1.97. The molecular formula is C20H20N4O2. The third kappa shape index (κ3) is 3.36. The van der Waals surface area contributed by atoms with E-state index in [0.29, 0.717) is 31.9 Å². The Hall–Kier alpha value is -2.99. The Morgan fingerprint density at radius 3 is 2.62 bits per heavy atom. The van der Waals surface area contributed by atoms with Crippen molar-refractivity contribution in [1.29, 1.82) is 0 Å². The van der Waals surface area contributed by atoms with Crippen LogP contribution in [0.25, 0.3) is 10.8 Å². The number of amides is 1. The lowest BCUT2D eigenvalue weighted by atomic mass is 10.1. The molecule has 1 atom stereocenters. The van der Waals surface area contributed by atoms with E-state index in [1.54, 1.807) is 23.5 Å². The molecule has 0 saturated carbocycles. The molecule has 3 aromatic rings. The van der Waals surface area contributed by atoms with Gasteiger partial charge in [-0.25, -0.2) is 0 Å². The van der Waals surface area contributed by atoms with Gasteiger partial charge in [-0.05, 0) is 23.6 Å². The van der Waals surface area contributed by atoms with Crippen LogP contribution in [0.2, 0.25) is 0 Å². The van der Waals surface area contributed by atoms with Crippen LogP contribution in [-0.4, -0.2) is 58.2 Å². The van der Waals surface area contributed by atoms with Gasteiger partial charge in [0, 0.05) is 55.8 Å². The maximum atomic E-state index is 12.9. The molecule has 1 saturated heterocycles. The number of carbonyl (C=O) groups is 1. The molecule has 6 heteroatoms. The first-order valence-corrected chi connectivity index (χ1v) is 8.68. The Kier molecular flexibility index (Phi) is 4.50. The molecule has 1 unspecified atom stereocenters. The molecule has 0 spiro atoms. The van der Waals surface area contributed by atoms with Crippen molar-refractivity contribution in [3.8, 4) is 0 Å². The molecule has 1 N–H and O–H groups in total. The lowest BCUT2D eigenvalue weighted by molar-refractivity contribution is 0.0668. The van der Waals surface area contributed by atoms with E-state index in [-0.39, 0.29) is 5.91 Å². The highest BCUT2D eigenvalue weighted by Gasteiger charge is 2.26. The van der Waals surface area contributed by atoms with Crippen molar-refractivity contribution < 1.29 is 9.90 Å². The summed E-state index contributed by atoms with van der Waals surface area (Å²) in [5.41, 5.74) is 1.41. The van der Waals surface area contributed by atoms with Crippen molar-refractivity contribution in [3.05, 3.63) is 66.7 Å². The molecule has 0 radical (unpaired) electrons. The van der Waals surface area contributed by atoms with E-state index in [4.69, 9.17) is 0 Å². The van der Waals surface area contributed by atoms with E-state index in [0.717, 1.165) is 16.5 Å². The number of pyridine rings is 2.